The van der Waals surface area contributed by atoms with E-state index in [-0.39, 0.29) is 23.8 Å². The Morgan fingerprint density at radius 1 is 1.12 bits per heavy atom. The van der Waals surface area contributed by atoms with E-state index in [1.54, 1.807) is 0 Å². The molecule has 0 bridgehead atoms. The normalized spacial score (nSPS) is 27.8. The number of likely N-dealkylation sites (tertiary alicyclic amines) is 2. The van der Waals surface area contributed by atoms with E-state index < -0.39 is 0 Å². The average molecular weight is 331 g/mol. The summed E-state index contributed by atoms with van der Waals surface area (Å²) in [4.78, 5) is 33.3. The van der Waals surface area contributed by atoms with E-state index in [2.05, 4.69) is 10.1 Å². The number of nitrogens with zero attached hydrogens (tertiary/aromatic N) is 5. The van der Waals surface area contributed by atoms with Crippen LogP contribution < -0.4 is 0 Å². The molecule has 2 aliphatic heterocycles. The molecule has 0 aromatic carbocycles. The van der Waals surface area contributed by atoms with Crippen LogP contribution in [0.2, 0.25) is 0 Å². The van der Waals surface area contributed by atoms with Gasteiger partial charge in [-0.25, -0.2) is 9.67 Å². The van der Waals surface area contributed by atoms with Crippen molar-refractivity contribution in [3.8, 4) is 0 Å². The number of hydrogen-bond acceptors (Lipinski definition) is 4. The smallest absolute Gasteiger partial charge is 0.228 e. The number of carbonyl (C=O) groups excluding carboxylic acids is 2. The molecule has 7 nitrogen and oxygen atoms in total. The lowest BCUT2D eigenvalue weighted by Crippen LogP contribution is -2.44. The Balaban J connectivity index is 1.43. The Bertz CT molecular complexity index is 666. The van der Waals surface area contributed by atoms with E-state index in [9.17, 15) is 9.59 Å². The number of aromatic nitrogens is 3. The molecule has 24 heavy (non-hydrogen) atoms. The molecule has 0 unspecified atom stereocenters. The van der Waals surface area contributed by atoms with Gasteiger partial charge in [-0.2, -0.15) is 5.10 Å². The SMILES string of the molecule is Cc1nc(C)n([C@@H]2CCCN(C(=O)[C@H]3CC(=O)N(C4CC4)C3)C2)n1. The van der Waals surface area contributed by atoms with Crippen LogP contribution in [0.5, 0.6) is 0 Å². The Morgan fingerprint density at radius 3 is 2.58 bits per heavy atom. The lowest BCUT2D eigenvalue weighted by Gasteiger charge is -2.34. The van der Waals surface area contributed by atoms with E-state index in [1.807, 2.05) is 28.3 Å². The summed E-state index contributed by atoms with van der Waals surface area (Å²) >= 11 is 0. The Kier molecular flexibility index (Phi) is 3.81. The highest BCUT2D eigenvalue weighted by atomic mass is 16.2. The van der Waals surface area contributed by atoms with Gasteiger partial charge in [-0.3, -0.25) is 9.59 Å². The van der Waals surface area contributed by atoms with Crippen molar-refractivity contribution in [2.45, 2.75) is 58.0 Å². The van der Waals surface area contributed by atoms with E-state index >= 15 is 0 Å². The molecule has 7 heteroatoms. The summed E-state index contributed by atoms with van der Waals surface area (Å²) in [7, 11) is 0. The van der Waals surface area contributed by atoms with Crippen molar-refractivity contribution in [3.05, 3.63) is 11.6 Å². The van der Waals surface area contributed by atoms with Crippen molar-refractivity contribution in [1.82, 2.24) is 24.6 Å². The summed E-state index contributed by atoms with van der Waals surface area (Å²) in [5.41, 5.74) is 0. The molecule has 3 heterocycles. The van der Waals surface area contributed by atoms with Crippen LogP contribution in [0, 0.1) is 19.8 Å². The number of carbonyl (C=O) groups is 2. The van der Waals surface area contributed by atoms with Gasteiger partial charge in [-0.1, -0.05) is 0 Å². The van der Waals surface area contributed by atoms with Crippen LogP contribution in [-0.2, 0) is 9.59 Å². The molecule has 3 fully saturated rings. The standard InChI is InChI=1S/C17H25N5O2/c1-11-18-12(2)22(19-11)15-4-3-7-20(10-15)17(24)13-8-16(23)21(9-13)14-5-6-14/h13-15H,3-10H2,1-2H3/t13-,15+/m0/s1. The van der Waals surface area contributed by atoms with Crippen LogP contribution in [0.3, 0.4) is 0 Å². The molecular weight excluding hydrogens is 306 g/mol. The van der Waals surface area contributed by atoms with Crippen molar-refractivity contribution in [2.75, 3.05) is 19.6 Å². The van der Waals surface area contributed by atoms with Crippen molar-refractivity contribution < 1.29 is 9.59 Å². The predicted octanol–water partition coefficient (Wildman–Crippen LogP) is 1.07. The zero-order chi connectivity index (χ0) is 16.8. The number of piperidine rings is 1. The van der Waals surface area contributed by atoms with Gasteiger partial charge in [0, 0.05) is 32.1 Å². The number of amides is 2. The van der Waals surface area contributed by atoms with Crippen LogP contribution in [-0.4, -0.2) is 62.1 Å². The van der Waals surface area contributed by atoms with Gasteiger partial charge in [0.1, 0.15) is 11.6 Å². The molecule has 1 saturated carbocycles. The number of hydrogen-bond donors (Lipinski definition) is 0. The fraction of sp³-hybridized carbons (Fsp3) is 0.765. The first-order valence-corrected chi connectivity index (χ1v) is 9.01. The van der Waals surface area contributed by atoms with E-state index in [1.165, 1.54) is 0 Å². The van der Waals surface area contributed by atoms with Crippen molar-refractivity contribution in [1.29, 1.82) is 0 Å². The van der Waals surface area contributed by atoms with Crippen molar-refractivity contribution in [3.63, 3.8) is 0 Å². The summed E-state index contributed by atoms with van der Waals surface area (Å²) in [6, 6.07) is 0.603. The van der Waals surface area contributed by atoms with Gasteiger partial charge in [-0.05, 0) is 39.5 Å². The highest BCUT2D eigenvalue weighted by molar-refractivity contribution is 5.89. The summed E-state index contributed by atoms with van der Waals surface area (Å²) in [5.74, 6) is 1.83. The maximum atomic E-state index is 12.9. The predicted molar refractivity (Wildman–Crippen MR) is 87.2 cm³/mol. The molecule has 0 spiro atoms. The molecule has 3 aliphatic rings. The van der Waals surface area contributed by atoms with E-state index in [4.69, 9.17) is 0 Å². The molecule has 1 aliphatic carbocycles. The molecule has 2 saturated heterocycles. The molecule has 1 aromatic rings. The lowest BCUT2D eigenvalue weighted by molar-refractivity contribution is -0.137. The third kappa shape index (κ3) is 2.80. The molecule has 4 rings (SSSR count). The third-order valence-corrected chi connectivity index (χ3v) is 5.46. The lowest BCUT2D eigenvalue weighted by atomic mass is 10.0. The topological polar surface area (TPSA) is 71.3 Å². The van der Waals surface area contributed by atoms with Crippen LogP contribution in [0.4, 0.5) is 0 Å². The first kappa shape index (κ1) is 15.6. The summed E-state index contributed by atoms with van der Waals surface area (Å²) in [6.45, 7) is 5.94. The van der Waals surface area contributed by atoms with Gasteiger partial charge in [0.2, 0.25) is 11.8 Å². The molecule has 0 N–H and O–H groups in total. The fourth-order valence-corrected chi connectivity index (χ4v) is 4.13. The van der Waals surface area contributed by atoms with Crippen LogP contribution >= 0.6 is 0 Å². The maximum absolute atomic E-state index is 12.9. The highest BCUT2D eigenvalue weighted by Crippen LogP contribution is 2.34. The van der Waals surface area contributed by atoms with E-state index in [0.29, 0.717) is 25.6 Å². The van der Waals surface area contributed by atoms with Crippen LogP contribution in [0.1, 0.15) is 49.8 Å². The highest BCUT2D eigenvalue weighted by Gasteiger charge is 2.43. The first-order chi connectivity index (χ1) is 11.5. The summed E-state index contributed by atoms with van der Waals surface area (Å²) in [5, 5.41) is 4.49. The molecular formula is C17H25N5O2. The maximum Gasteiger partial charge on any atom is 0.228 e. The molecule has 2 amide bonds. The van der Waals surface area contributed by atoms with Crippen LogP contribution in [0.15, 0.2) is 0 Å². The second-order valence-electron chi connectivity index (χ2n) is 7.41. The van der Waals surface area contributed by atoms with Gasteiger partial charge in [-0.15, -0.1) is 0 Å². The second-order valence-corrected chi connectivity index (χ2v) is 7.41. The van der Waals surface area contributed by atoms with Gasteiger partial charge in [0.25, 0.3) is 0 Å². The Morgan fingerprint density at radius 2 is 1.92 bits per heavy atom. The third-order valence-electron chi connectivity index (χ3n) is 5.46. The average Bonchev–Trinajstić information content (AvgIpc) is 3.25. The molecule has 130 valence electrons. The van der Waals surface area contributed by atoms with Gasteiger partial charge >= 0.3 is 0 Å². The second kappa shape index (κ2) is 5.86. The minimum atomic E-state index is -0.157. The number of aryl methyl sites for hydroxylation is 2. The monoisotopic (exact) mass is 331 g/mol. The first-order valence-electron chi connectivity index (χ1n) is 9.01. The van der Waals surface area contributed by atoms with Gasteiger partial charge in [0.05, 0.1) is 12.0 Å². The zero-order valence-corrected chi connectivity index (χ0v) is 14.4. The molecule has 0 radical (unpaired) electrons. The zero-order valence-electron chi connectivity index (χ0n) is 14.4. The minimum absolute atomic E-state index is 0.144. The van der Waals surface area contributed by atoms with E-state index in [0.717, 1.165) is 43.9 Å². The molecule has 1 aromatic heterocycles. The Hall–Kier alpha value is -1.92. The van der Waals surface area contributed by atoms with Crippen LogP contribution in [0.25, 0.3) is 0 Å². The van der Waals surface area contributed by atoms with Gasteiger partial charge in [0.15, 0.2) is 0 Å². The largest absolute Gasteiger partial charge is 0.340 e. The quantitative estimate of drug-likeness (QED) is 0.831. The van der Waals surface area contributed by atoms with Crippen molar-refractivity contribution in [2.24, 2.45) is 5.92 Å². The number of rotatable bonds is 3. The summed E-state index contributed by atoms with van der Waals surface area (Å²) < 4.78 is 1.96. The van der Waals surface area contributed by atoms with Gasteiger partial charge < -0.3 is 9.80 Å². The Labute approximate surface area is 142 Å². The summed E-state index contributed by atoms with van der Waals surface area (Å²) in [6.07, 6.45) is 4.58. The van der Waals surface area contributed by atoms with Crippen molar-refractivity contribution >= 4 is 11.8 Å². The molecule has 2 atom stereocenters. The minimum Gasteiger partial charge on any atom is -0.340 e. The fourth-order valence-electron chi connectivity index (χ4n) is 4.13.